The van der Waals surface area contributed by atoms with Crippen molar-refractivity contribution in [3.8, 4) is 33.1 Å². The van der Waals surface area contributed by atoms with Gasteiger partial charge in [-0.1, -0.05) is 6.07 Å². The highest BCUT2D eigenvalue weighted by Gasteiger charge is 2.24. The molecule has 34 heavy (non-hydrogen) atoms. The quantitative estimate of drug-likeness (QED) is 0.361. The zero-order valence-corrected chi connectivity index (χ0v) is 18.8. The van der Waals surface area contributed by atoms with E-state index in [1.165, 1.54) is 4.88 Å². The fraction of sp³-hybridized carbons (Fsp3) is 0.125. The molecule has 0 radical (unpaired) electrons. The van der Waals surface area contributed by atoms with Gasteiger partial charge in [-0.25, -0.2) is 9.97 Å². The maximum Gasteiger partial charge on any atom is 0.181 e. The highest BCUT2D eigenvalue weighted by atomic mass is 32.1. The van der Waals surface area contributed by atoms with Crippen LogP contribution in [0.2, 0.25) is 0 Å². The number of pyridine rings is 2. The molecule has 0 aliphatic carbocycles. The molecule has 10 heteroatoms. The van der Waals surface area contributed by atoms with Crippen LogP contribution in [0.1, 0.15) is 0 Å². The SMILES string of the molecule is NC1CN(c2cncc(-c3cnc4n[nH]c(-c5cc6c(-c7cccs7)cncc6[nH]5)c4c3)n2)C1. The van der Waals surface area contributed by atoms with E-state index in [4.69, 9.17) is 10.7 Å². The number of hydrogen-bond acceptors (Lipinski definition) is 8. The molecule has 1 saturated heterocycles. The van der Waals surface area contributed by atoms with Crippen LogP contribution in [0.5, 0.6) is 0 Å². The van der Waals surface area contributed by atoms with Crippen molar-refractivity contribution < 1.29 is 0 Å². The molecule has 7 heterocycles. The molecule has 4 N–H and O–H groups in total. The molecule has 1 fully saturated rings. The van der Waals surface area contributed by atoms with Crippen molar-refractivity contribution in [2.45, 2.75) is 6.04 Å². The summed E-state index contributed by atoms with van der Waals surface area (Å²) in [5.41, 5.74) is 12.1. The van der Waals surface area contributed by atoms with E-state index in [9.17, 15) is 0 Å². The Bertz CT molecular complexity index is 1640. The summed E-state index contributed by atoms with van der Waals surface area (Å²) in [7, 11) is 0. The number of H-pyrrole nitrogens is 2. The van der Waals surface area contributed by atoms with Crippen molar-refractivity contribution in [1.82, 2.24) is 35.1 Å². The van der Waals surface area contributed by atoms with Gasteiger partial charge in [-0.15, -0.1) is 11.3 Å². The molecular weight excluding hydrogens is 446 g/mol. The standard InChI is InChI=1S/C24H19N9S/c25-14-11-33(12-14)22-10-27-8-19(30-22)13-4-16-23(31-32-24(16)28-6-13)18-5-15-17(21-2-1-3-34-21)7-26-9-20(15)29-18/h1-10,14,29H,11-12,25H2,(H,28,31,32). The van der Waals surface area contributed by atoms with Crippen LogP contribution in [0.25, 0.3) is 55.0 Å². The minimum Gasteiger partial charge on any atom is -0.352 e. The molecule has 0 spiro atoms. The van der Waals surface area contributed by atoms with Crippen LogP contribution in [0.3, 0.4) is 0 Å². The summed E-state index contributed by atoms with van der Waals surface area (Å²) in [5, 5.41) is 11.7. The number of rotatable bonds is 4. The number of nitrogens with zero attached hydrogens (tertiary/aromatic N) is 6. The average molecular weight is 466 g/mol. The molecule has 0 aromatic carbocycles. The van der Waals surface area contributed by atoms with E-state index < -0.39 is 0 Å². The topological polar surface area (TPSA) is 125 Å². The van der Waals surface area contributed by atoms with E-state index in [1.807, 2.05) is 12.4 Å². The molecule has 6 aromatic rings. The van der Waals surface area contributed by atoms with Gasteiger partial charge in [-0.3, -0.25) is 15.1 Å². The molecule has 0 atom stereocenters. The van der Waals surface area contributed by atoms with Crippen molar-refractivity contribution in [3.05, 3.63) is 60.6 Å². The predicted molar refractivity (Wildman–Crippen MR) is 134 cm³/mol. The summed E-state index contributed by atoms with van der Waals surface area (Å²) >= 11 is 1.70. The second-order valence-electron chi connectivity index (χ2n) is 8.43. The highest BCUT2D eigenvalue weighted by molar-refractivity contribution is 7.13. The Hall–Kier alpha value is -4.15. The number of fused-ring (bicyclic) bond motifs is 2. The van der Waals surface area contributed by atoms with Crippen molar-refractivity contribution >= 4 is 39.1 Å². The smallest absolute Gasteiger partial charge is 0.181 e. The predicted octanol–water partition coefficient (Wildman–Crippen LogP) is 3.83. The van der Waals surface area contributed by atoms with Crippen molar-refractivity contribution in [2.24, 2.45) is 5.73 Å². The van der Waals surface area contributed by atoms with E-state index in [1.54, 1.807) is 29.9 Å². The third-order valence-corrected chi connectivity index (χ3v) is 7.07. The first-order chi connectivity index (χ1) is 16.7. The van der Waals surface area contributed by atoms with E-state index in [-0.39, 0.29) is 6.04 Å². The molecular formula is C24H19N9S. The number of hydrogen-bond donors (Lipinski definition) is 3. The van der Waals surface area contributed by atoms with Crippen molar-refractivity contribution in [1.29, 1.82) is 0 Å². The number of anilines is 1. The van der Waals surface area contributed by atoms with Crippen molar-refractivity contribution in [3.63, 3.8) is 0 Å². The molecule has 0 bridgehead atoms. The molecule has 6 aromatic heterocycles. The van der Waals surface area contributed by atoms with Crippen LogP contribution in [0, 0.1) is 0 Å². The Morgan fingerprint density at radius 2 is 1.94 bits per heavy atom. The monoisotopic (exact) mass is 465 g/mol. The fourth-order valence-electron chi connectivity index (χ4n) is 4.41. The van der Waals surface area contributed by atoms with Crippen LogP contribution in [-0.2, 0) is 0 Å². The largest absolute Gasteiger partial charge is 0.352 e. The van der Waals surface area contributed by atoms with E-state index in [0.29, 0.717) is 5.65 Å². The first-order valence-electron chi connectivity index (χ1n) is 10.9. The van der Waals surface area contributed by atoms with Gasteiger partial charge in [0.15, 0.2) is 5.65 Å². The first kappa shape index (κ1) is 19.3. The lowest BCUT2D eigenvalue weighted by Crippen LogP contribution is -2.56. The summed E-state index contributed by atoms with van der Waals surface area (Å²) in [6.07, 6.45) is 9.07. The van der Waals surface area contributed by atoms with Gasteiger partial charge in [0.2, 0.25) is 0 Å². The number of aromatic nitrogens is 7. The van der Waals surface area contributed by atoms with Crippen LogP contribution < -0.4 is 10.6 Å². The Labute approximate surface area is 197 Å². The van der Waals surface area contributed by atoms with Crippen LogP contribution >= 0.6 is 11.3 Å². The Morgan fingerprint density at radius 1 is 1.03 bits per heavy atom. The normalized spacial score (nSPS) is 14.2. The third-order valence-electron chi connectivity index (χ3n) is 6.16. The highest BCUT2D eigenvalue weighted by Crippen LogP contribution is 2.35. The van der Waals surface area contributed by atoms with Crippen LogP contribution in [0.15, 0.2) is 60.6 Å². The molecule has 0 amide bonds. The van der Waals surface area contributed by atoms with E-state index in [0.717, 1.165) is 63.4 Å². The summed E-state index contributed by atoms with van der Waals surface area (Å²) < 4.78 is 0. The maximum atomic E-state index is 5.93. The van der Waals surface area contributed by atoms with Crippen LogP contribution in [-0.4, -0.2) is 54.2 Å². The first-order valence-corrected chi connectivity index (χ1v) is 11.8. The van der Waals surface area contributed by atoms with Gasteiger partial charge in [0.05, 0.1) is 41.2 Å². The summed E-state index contributed by atoms with van der Waals surface area (Å²) in [5.74, 6) is 0.830. The van der Waals surface area contributed by atoms with Gasteiger partial charge in [-0.05, 0) is 23.6 Å². The van der Waals surface area contributed by atoms with Gasteiger partial charge in [0.25, 0.3) is 0 Å². The molecule has 166 valence electrons. The maximum absolute atomic E-state index is 5.93. The lowest BCUT2D eigenvalue weighted by atomic mass is 10.1. The lowest BCUT2D eigenvalue weighted by molar-refractivity contribution is 0.514. The van der Waals surface area contributed by atoms with Crippen LogP contribution in [0.4, 0.5) is 5.82 Å². The van der Waals surface area contributed by atoms with Gasteiger partial charge >= 0.3 is 0 Å². The lowest BCUT2D eigenvalue weighted by Gasteiger charge is -2.37. The van der Waals surface area contributed by atoms with Gasteiger partial charge in [0.1, 0.15) is 5.82 Å². The summed E-state index contributed by atoms with van der Waals surface area (Å²) in [4.78, 5) is 25.0. The number of nitrogens with one attached hydrogen (secondary N) is 2. The minimum atomic E-state index is 0.198. The summed E-state index contributed by atoms with van der Waals surface area (Å²) in [6, 6.07) is 8.55. The second kappa shape index (κ2) is 7.44. The zero-order chi connectivity index (χ0) is 22.6. The molecule has 0 saturated carbocycles. The third kappa shape index (κ3) is 3.07. The van der Waals surface area contributed by atoms with Gasteiger partial charge in [0, 0.05) is 58.3 Å². The number of aromatic amines is 2. The van der Waals surface area contributed by atoms with E-state index in [2.05, 4.69) is 64.7 Å². The molecule has 1 aliphatic rings. The van der Waals surface area contributed by atoms with Gasteiger partial charge in [-0.2, -0.15) is 5.10 Å². The summed E-state index contributed by atoms with van der Waals surface area (Å²) in [6.45, 7) is 1.59. The molecule has 9 nitrogen and oxygen atoms in total. The van der Waals surface area contributed by atoms with E-state index >= 15 is 0 Å². The molecule has 0 unspecified atom stereocenters. The fourth-order valence-corrected chi connectivity index (χ4v) is 5.16. The Morgan fingerprint density at radius 3 is 2.79 bits per heavy atom. The Kier molecular flexibility index (Phi) is 4.23. The Balaban J connectivity index is 1.31. The minimum absolute atomic E-state index is 0.198. The number of nitrogens with two attached hydrogens (primary N) is 1. The second-order valence-corrected chi connectivity index (χ2v) is 9.38. The van der Waals surface area contributed by atoms with Crippen molar-refractivity contribution in [2.75, 3.05) is 18.0 Å². The number of thiophene rings is 1. The average Bonchev–Trinajstić information content (AvgIpc) is 3.60. The van der Waals surface area contributed by atoms with Gasteiger partial charge < -0.3 is 15.6 Å². The molecule has 7 rings (SSSR count). The molecule has 1 aliphatic heterocycles. The zero-order valence-electron chi connectivity index (χ0n) is 17.9.